The van der Waals surface area contributed by atoms with Gasteiger partial charge < -0.3 is 4.74 Å². The molecule has 1 aromatic rings. The summed E-state index contributed by atoms with van der Waals surface area (Å²) in [5, 5.41) is 0. The highest BCUT2D eigenvalue weighted by Gasteiger charge is 2.30. The molecular weight excluding hydrogens is 265 g/mol. The summed E-state index contributed by atoms with van der Waals surface area (Å²) in [6.45, 7) is 0. The lowest BCUT2D eigenvalue weighted by atomic mass is 9.77. The van der Waals surface area contributed by atoms with Gasteiger partial charge in [-0.05, 0) is 61.6 Å². The molecule has 0 aromatic heterocycles. The van der Waals surface area contributed by atoms with E-state index in [0.29, 0.717) is 12.3 Å². The van der Waals surface area contributed by atoms with Gasteiger partial charge in [0.2, 0.25) is 0 Å². The summed E-state index contributed by atoms with van der Waals surface area (Å²) >= 11 is 0. The van der Waals surface area contributed by atoms with E-state index in [0.717, 1.165) is 31.4 Å². The molecule has 1 saturated carbocycles. The Morgan fingerprint density at radius 2 is 1.65 bits per heavy atom. The van der Waals surface area contributed by atoms with E-state index < -0.39 is 12.6 Å². The second-order valence-corrected chi connectivity index (χ2v) is 5.64. The minimum absolute atomic E-state index is 0.242. The van der Waals surface area contributed by atoms with Crippen molar-refractivity contribution in [2.45, 2.75) is 50.6 Å². The van der Waals surface area contributed by atoms with Crippen LogP contribution >= 0.6 is 0 Å². The van der Waals surface area contributed by atoms with E-state index in [1.165, 1.54) is 5.56 Å². The van der Waals surface area contributed by atoms with Crippen molar-refractivity contribution in [3.8, 4) is 5.75 Å². The minimum atomic E-state index is -4.01. The van der Waals surface area contributed by atoms with Crippen molar-refractivity contribution < 1.29 is 17.9 Å². The predicted octanol–water partition coefficient (Wildman–Crippen LogP) is 5.31. The van der Waals surface area contributed by atoms with Crippen LogP contribution in [0.1, 0.15) is 50.0 Å². The minimum Gasteiger partial charge on any atom is -0.497 e. The van der Waals surface area contributed by atoms with Gasteiger partial charge in [-0.2, -0.15) is 13.2 Å². The predicted molar refractivity (Wildman–Crippen MR) is 73.0 cm³/mol. The van der Waals surface area contributed by atoms with E-state index in [-0.39, 0.29) is 5.92 Å². The van der Waals surface area contributed by atoms with Crippen LogP contribution in [0.15, 0.2) is 24.3 Å². The Hall–Kier alpha value is -1.19. The summed E-state index contributed by atoms with van der Waals surface area (Å²) in [5.41, 5.74) is 1.28. The monoisotopic (exact) mass is 286 g/mol. The standard InChI is InChI=1S/C16H21F3O/c1-20-15-8-6-14(7-9-15)13-4-2-12(3-5-13)10-11-16(17,18)19/h6-9,12-13H,2-5,10-11H2,1H3. The van der Waals surface area contributed by atoms with Gasteiger partial charge in [0.1, 0.15) is 5.75 Å². The molecule has 1 aliphatic carbocycles. The summed E-state index contributed by atoms with van der Waals surface area (Å²) < 4.78 is 41.8. The second kappa shape index (κ2) is 6.51. The average Bonchev–Trinajstić information content (AvgIpc) is 2.45. The molecule has 0 atom stereocenters. The molecule has 1 nitrogen and oxygen atoms in total. The fraction of sp³-hybridized carbons (Fsp3) is 0.625. The van der Waals surface area contributed by atoms with E-state index in [1.807, 2.05) is 12.1 Å². The summed E-state index contributed by atoms with van der Waals surface area (Å²) in [7, 11) is 1.64. The molecule has 0 bridgehead atoms. The largest absolute Gasteiger partial charge is 0.497 e. The van der Waals surface area contributed by atoms with Crippen molar-refractivity contribution in [2.24, 2.45) is 5.92 Å². The number of hydrogen-bond donors (Lipinski definition) is 0. The van der Waals surface area contributed by atoms with E-state index in [4.69, 9.17) is 4.74 Å². The Labute approximate surface area is 118 Å². The molecule has 20 heavy (non-hydrogen) atoms. The Morgan fingerprint density at radius 3 is 2.15 bits per heavy atom. The van der Waals surface area contributed by atoms with Crippen LogP contribution < -0.4 is 4.74 Å². The summed E-state index contributed by atoms with van der Waals surface area (Å²) in [5.74, 6) is 1.57. The van der Waals surface area contributed by atoms with Gasteiger partial charge in [-0.3, -0.25) is 0 Å². The van der Waals surface area contributed by atoms with E-state index in [9.17, 15) is 13.2 Å². The van der Waals surface area contributed by atoms with Gasteiger partial charge in [-0.1, -0.05) is 12.1 Å². The normalized spacial score (nSPS) is 23.6. The molecule has 0 aliphatic heterocycles. The maximum Gasteiger partial charge on any atom is 0.389 e. The van der Waals surface area contributed by atoms with Crippen LogP contribution in [0, 0.1) is 5.92 Å². The van der Waals surface area contributed by atoms with Crippen LogP contribution in [0.2, 0.25) is 0 Å². The lowest BCUT2D eigenvalue weighted by molar-refractivity contribution is -0.138. The molecular formula is C16H21F3O. The van der Waals surface area contributed by atoms with Crippen LogP contribution in [-0.4, -0.2) is 13.3 Å². The highest BCUT2D eigenvalue weighted by molar-refractivity contribution is 5.29. The topological polar surface area (TPSA) is 9.23 Å². The first-order valence-electron chi connectivity index (χ1n) is 7.18. The van der Waals surface area contributed by atoms with Crippen molar-refractivity contribution in [3.63, 3.8) is 0 Å². The number of alkyl halides is 3. The van der Waals surface area contributed by atoms with Crippen molar-refractivity contribution in [1.29, 1.82) is 0 Å². The first kappa shape index (κ1) is 15.2. The van der Waals surface area contributed by atoms with Crippen LogP contribution in [0.5, 0.6) is 5.75 Å². The Balaban J connectivity index is 1.81. The third kappa shape index (κ3) is 4.43. The maximum atomic E-state index is 12.2. The SMILES string of the molecule is COc1ccc(C2CCC(CCC(F)(F)F)CC2)cc1. The average molecular weight is 286 g/mol. The van der Waals surface area contributed by atoms with Gasteiger partial charge in [0.05, 0.1) is 7.11 Å². The lowest BCUT2D eigenvalue weighted by Crippen LogP contribution is -2.16. The van der Waals surface area contributed by atoms with E-state index in [2.05, 4.69) is 12.1 Å². The van der Waals surface area contributed by atoms with Crippen molar-refractivity contribution in [1.82, 2.24) is 0 Å². The lowest BCUT2D eigenvalue weighted by Gasteiger charge is -2.29. The van der Waals surface area contributed by atoms with Crippen LogP contribution in [0.4, 0.5) is 13.2 Å². The molecule has 0 N–H and O–H groups in total. The molecule has 0 heterocycles. The Morgan fingerprint density at radius 1 is 1.05 bits per heavy atom. The zero-order chi connectivity index (χ0) is 14.6. The molecule has 112 valence electrons. The second-order valence-electron chi connectivity index (χ2n) is 5.64. The van der Waals surface area contributed by atoms with Gasteiger partial charge in [-0.15, -0.1) is 0 Å². The number of halogens is 3. The number of methoxy groups -OCH3 is 1. The first-order chi connectivity index (χ1) is 9.48. The first-order valence-corrected chi connectivity index (χ1v) is 7.18. The third-order valence-corrected chi connectivity index (χ3v) is 4.27. The molecule has 0 radical (unpaired) electrons. The third-order valence-electron chi connectivity index (χ3n) is 4.27. The quantitative estimate of drug-likeness (QED) is 0.728. The van der Waals surface area contributed by atoms with Crippen LogP contribution in [0.3, 0.4) is 0 Å². The van der Waals surface area contributed by atoms with Gasteiger partial charge >= 0.3 is 6.18 Å². The summed E-state index contributed by atoms with van der Waals surface area (Å²) in [4.78, 5) is 0. The molecule has 0 unspecified atom stereocenters. The van der Waals surface area contributed by atoms with Gasteiger partial charge in [0, 0.05) is 6.42 Å². The van der Waals surface area contributed by atoms with Crippen LogP contribution in [0.25, 0.3) is 0 Å². The highest BCUT2D eigenvalue weighted by atomic mass is 19.4. The zero-order valence-electron chi connectivity index (χ0n) is 11.7. The maximum absolute atomic E-state index is 12.2. The van der Waals surface area contributed by atoms with Gasteiger partial charge in [0.25, 0.3) is 0 Å². The number of rotatable bonds is 4. The van der Waals surface area contributed by atoms with Gasteiger partial charge in [0.15, 0.2) is 0 Å². The van der Waals surface area contributed by atoms with Gasteiger partial charge in [-0.25, -0.2) is 0 Å². The van der Waals surface area contributed by atoms with Crippen LogP contribution in [-0.2, 0) is 0 Å². The number of ether oxygens (including phenoxy) is 1. The Bertz CT molecular complexity index is 403. The van der Waals surface area contributed by atoms with E-state index in [1.54, 1.807) is 7.11 Å². The van der Waals surface area contributed by atoms with Crippen molar-refractivity contribution in [3.05, 3.63) is 29.8 Å². The molecule has 2 rings (SSSR count). The Kier molecular flexibility index (Phi) is 4.95. The number of hydrogen-bond acceptors (Lipinski definition) is 1. The number of benzene rings is 1. The molecule has 0 amide bonds. The van der Waals surface area contributed by atoms with Crippen molar-refractivity contribution in [2.75, 3.05) is 7.11 Å². The fourth-order valence-electron chi connectivity index (χ4n) is 3.03. The summed E-state index contributed by atoms with van der Waals surface area (Å²) in [6, 6.07) is 8.04. The molecule has 1 fully saturated rings. The smallest absolute Gasteiger partial charge is 0.389 e. The zero-order valence-corrected chi connectivity index (χ0v) is 11.7. The highest BCUT2D eigenvalue weighted by Crippen LogP contribution is 2.39. The molecule has 0 spiro atoms. The molecule has 0 saturated heterocycles. The summed E-state index contributed by atoms with van der Waals surface area (Å²) in [6.07, 6.45) is -0.542. The van der Waals surface area contributed by atoms with E-state index >= 15 is 0 Å². The molecule has 1 aliphatic rings. The van der Waals surface area contributed by atoms with Crippen molar-refractivity contribution >= 4 is 0 Å². The fourth-order valence-corrected chi connectivity index (χ4v) is 3.03. The molecule has 1 aromatic carbocycles. The molecule has 4 heteroatoms.